The molecule has 2 amide bonds. The van der Waals surface area contributed by atoms with Crippen LogP contribution in [0, 0.1) is 6.92 Å². The third-order valence-electron chi connectivity index (χ3n) is 6.46. The van der Waals surface area contributed by atoms with Crippen LogP contribution in [0.5, 0.6) is 0 Å². The van der Waals surface area contributed by atoms with Crippen LogP contribution < -0.4 is 16.6 Å². The molecule has 1 aromatic carbocycles. The SMILES string of the molecule is CC(C)=CC(=O)N1CC[C@@H](N2NC(c3ccc(C(=O)Nc4cc(C)ccn4)cc3)=C3C2=CN=CN3N)C1. The zero-order chi connectivity index (χ0) is 26.1. The highest BCUT2D eigenvalue weighted by Gasteiger charge is 2.39. The fraction of sp³-hybridized carbons (Fsp3) is 0.259. The van der Waals surface area contributed by atoms with Gasteiger partial charge >= 0.3 is 0 Å². The smallest absolute Gasteiger partial charge is 0.256 e. The number of rotatable bonds is 5. The lowest BCUT2D eigenvalue weighted by Gasteiger charge is -2.30. The molecular formula is C27H30N8O2. The quantitative estimate of drug-likeness (QED) is 0.428. The van der Waals surface area contributed by atoms with Crippen LogP contribution in [0.15, 0.2) is 76.8 Å². The molecule has 0 bridgehead atoms. The number of aryl methyl sites for hydroxylation is 1. The molecule has 2 aromatic rings. The van der Waals surface area contributed by atoms with Gasteiger partial charge in [-0.3, -0.25) is 25.0 Å². The number of benzene rings is 1. The zero-order valence-electron chi connectivity index (χ0n) is 21.1. The van der Waals surface area contributed by atoms with E-state index in [2.05, 4.69) is 20.7 Å². The Balaban J connectivity index is 1.35. The molecule has 10 nitrogen and oxygen atoms in total. The molecule has 3 aliphatic heterocycles. The monoisotopic (exact) mass is 498 g/mol. The fourth-order valence-corrected chi connectivity index (χ4v) is 4.66. The molecule has 3 aliphatic rings. The summed E-state index contributed by atoms with van der Waals surface area (Å²) in [5.41, 5.74) is 9.31. The molecule has 0 aliphatic carbocycles. The maximum Gasteiger partial charge on any atom is 0.256 e. The molecule has 4 N–H and O–H groups in total. The summed E-state index contributed by atoms with van der Waals surface area (Å²) in [7, 11) is 0. The number of aliphatic imine (C=N–C) groups is 1. The average molecular weight is 499 g/mol. The highest BCUT2D eigenvalue weighted by atomic mass is 16.2. The Morgan fingerprint density at radius 1 is 1.19 bits per heavy atom. The van der Waals surface area contributed by atoms with Crippen LogP contribution in [0.1, 0.15) is 41.8 Å². The van der Waals surface area contributed by atoms with Crippen LogP contribution in [-0.2, 0) is 4.79 Å². The topological polar surface area (TPSA) is 119 Å². The van der Waals surface area contributed by atoms with E-state index in [4.69, 9.17) is 5.84 Å². The number of carbonyl (C=O) groups excluding carboxylic acids is 2. The van der Waals surface area contributed by atoms with Crippen molar-refractivity contribution in [2.24, 2.45) is 10.8 Å². The van der Waals surface area contributed by atoms with Gasteiger partial charge < -0.3 is 10.2 Å². The highest BCUT2D eigenvalue weighted by molar-refractivity contribution is 6.04. The van der Waals surface area contributed by atoms with Crippen LogP contribution in [-0.4, -0.2) is 57.2 Å². The van der Waals surface area contributed by atoms with Crippen LogP contribution in [0.2, 0.25) is 0 Å². The molecule has 0 saturated carbocycles. The maximum absolute atomic E-state index is 12.7. The van der Waals surface area contributed by atoms with E-state index in [0.29, 0.717) is 24.5 Å². The Kier molecular flexibility index (Phi) is 6.49. The molecule has 1 atom stereocenters. The third kappa shape index (κ3) is 4.96. The van der Waals surface area contributed by atoms with Gasteiger partial charge in [0.2, 0.25) is 5.91 Å². The number of hydrogen-bond donors (Lipinski definition) is 3. The van der Waals surface area contributed by atoms with Crippen LogP contribution in [0.3, 0.4) is 0 Å². The second-order valence-corrected chi connectivity index (χ2v) is 9.59. The molecule has 0 spiro atoms. The van der Waals surface area contributed by atoms with Gasteiger partial charge in [-0.25, -0.2) is 15.8 Å². The minimum absolute atomic E-state index is 0.0286. The van der Waals surface area contributed by atoms with Crippen molar-refractivity contribution < 1.29 is 9.59 Å². The summed E-state index contributed by atoms with van der Waals surface area (Å²) in [6.45, 7) is 7.06. The van der Waals surface area contributed by atoms with Crippen molar-refractivity contribution in [2.75, 3.05) is 18.4 Å². The number of carbonyl (C=O) groups is 2. The van der Waals surface area contributed by atoms with Gasteiger partial charge in [-0.1, -0.05) is 17.7 Å². The molecule has 190 valence electrons. The van der Waals surface area contributed by atoms with E-state index in [0.717, 1.165) is 40.2 Å². The number of hydrogen-bond acceptors (Lipinski definition) is 8. The van der Waals surface area contributed by atoms with Gasteiger partial charge in [0.1, 0.15) is 23.6 Å². The molecule has 10 heteroatoms. The summed E-state index contributed by atoms with van der Waals surface area (Å²) in [5, 5.41) is 6.36. The van der Waals surface area contributed by atoms with Crippen molar-refractivity contribution >= 4 is 29.7 Å². The molecule has 0 unspecified atom stereocenters. The Hall–Kier alpha value is -4.44. The number of fused-ring (bicyclic) bond motifs is 1. The van der Waals surface area contributed by atoms with Gasteiger partial charge in [-0.05, 0) is 57.0 Å². The molecule has 1 aromatic heterocycles. The molecule has 5 rings (SSSR count). The number of allylic oxidation sites excluding steroid dienone is 1. The molecule has 1 saturated heterocycles. The van der Waals surface area contributed by atoms with Gasteiger partial charge in [-0.15, -0.1) is 0 Å². The molecule has 37 heavy (non-hydrogen) atoms. The van der Waals surface area contributed by atoms with Crippen LogP contribution in [0.4, 0.5) is 5.82 Å². The van der Waals surface area contributed by atoms with Crippen molar-refractivity contribution in [1.82, 2.24) is 25.3 Å². The first kappa shape index (κ1) is 24.3. The summed E-state index contributed by atoms with van der Waals surface area (Å²) in [6.07, 6.45) is 7.48. The van der Waals surface area contributed by atoms with Crippen molar-refractivity contribution in [2.45, 2.75) is 33.2 Å². The van der Waals surface area contributed by atoms with Gasteiger partial charge in [0, 0.05) is 36.5 Å². The largest absolute Gasteiger partial charge is 0.337 e. The van der Waals surface area contributed by atoms with E-state index in [1.165, 1.54) is 5.01 Å². The van der Waals surface area contributed by atoms with Crippen molar-refractivity contribution in [1.29, 1.82) is 0 Å². The van der Waals surface area contributed by atoms with Gasteiger partial charge in [-0.2, -0.15) is 0 Å². The predicted octanol–water partition coefficient (Wildman–Crippen LogP) is 2.76. The average Bonchev–Trinajstić information content (AvgIpc) is 3.50. The summed E-state index contributed by atoms with van der Waals surface area (Å²) < 4.78 is 0. The summed E-state index contributed by atoms with van der Waals surface area (Å²) >= 11 is 0. The number of anilines is 1. The van der Waals surface area contributed by atoms with Crippen LogP contribution >= 0.6 is 0 Å². The summed E-state index contributed by atoms with van der Waals surface area (Å²) in [6, 6.07) is 11.1. The third-order valence-corrected chi connectivity index (χ3v) is 6.46. The van der Waals surface area contributed by atoms with E-state index in [-0.39, 0.29) is 17.9 Å². The van der Waals surface area contributed by atoms with Crippen LogP contribution in [0.25, 0.3) is 5.70 Å². The van der Waals surface area contributed by atoms with Crippen molar-refractivity contribution in [3.05, 3.63) is 88.5 Å². The molecule has 0 radical (unpaired) electrons. The number of aromatic nitrogens is 1. The second-order valence-electron chi connectivity index (χ2n) is 9.59. The zero-order valence-corrected chi connectivity index (χ0v) is 21.1. The van der Waals surface area contributed by atoms with Gasteiger partial charge in [0.05, 0.1) is 17.9 Å². The van der Waals surface area contributed by atoms with E-state index in [1.54, 1.807) is 36.9 Å². The number of amides is 2. The highest BCUT2D eigenvalue weighted by Crippen LogP contribution is 2.36. The number of nitrogens with two attached hydrogens (primary N) is 1. The Labute approximate surface area is 215 Å². The molecule has 4 heterocycles. The normalized spacial score (nSPS) is 18.4. The number of pyridine rings is 1. The Morgan fingerprint density at radius 3 is 2.70 bits per heavy atom. The van der Waals surface area contributed by atoms with E-state index < -0.39 is 0 Å². The van der Waals surface area contributed by atoms with E-state index in [9.17, 15) is 9.59 Å². The lowest BCUT2D eigenvalue weighted by atomic mass is 10.1. The van der Waals surface area contributed by atoms with E-state index in [1.807, 2.05) is 54.9 Å². The van der Waals surface area contributed by atoms with Gasteiger partial charge in [0.15, 0.2) is 0 Å². The number of nitrogens with one attached hydrogen (secondary N) is 2. The summed E-state index contributed by atoms with van der Waals surface area (Å²) in [5.74, 6) is 6.59. The van der Waals surface area contributed by atoms with Crippen molar-refractivity contribution in [3.63, 3.8) is 0 Å². The van der Waals surface area contributed by atoms with Gasteiger partial charge in [0.25, 0.3) is 5.91 Å². The number of likely N-dealkylation sites (tertiary alicyclic amines) is 1. The minimum atomic E-state index is -0.235. The Bertz CT molecular complexity index is 1350. The first-order valence-corrected chi connectivity index (χ1v) is 12.2. The first-order chi connectivity index (χ1) is 17.8. The Morgan fingerprint density at radius 2 is 1.97 bits per heavy atom. The molecular weight excluding hydrogens is 468 g/mol. The van der Waals surface area contributed by atoms with E-state index >= 15 is 0 Å². The minimum Gasteiger partial charge on any atom is -0.337 e. The summed E-state index contributed by atoms with van der Waals surface area (Å²) in [4.78, 5) is 35.6. The predicted molar refractivity (Wildman–Crippen MR) is 142 cm³/mol. The number of hydrazine groups is 2. The number of nitrogens with zero attached hydrogens (tertiary/aromatic N) is 5. The molecule has 1 fully saturated rings. The standard InChI is InChI=1S/C27H30N8O2/c1-17(2)12-24(36)33-11-9-21(15-33)35-22-14-29-16-34(28)26(22)25(32-35)19-4-6-20(7-5-19)27(37)31-23-13-18(3)8-10-30-23/h4-8,10,12-14,16,21,32H,9,11,15,28H2,1-3H3,(H,30,31,37)/t21-/m1/s1. The second kappa shape index (κ2) is 9.90. The first-order valence-electron chi connectivity index (χ1n) is 12.2. The fourth-order valence-electron chi connectivity index (χ4n) is 4.66. The lowest BCUT2D eigenvalue weighted by Crippen LogP contribution is -2.43. The van der Waals surface area contributed by atoms with Crippen molar-refractivity contribution in [3.8, 4) is 0 Å². The maximum atomic E-state index is 12.7. The lowest BCUT2D eigenvalue weighted by molar-refractivity contribution is -0.125.